The van der Waals surface area contributed by atoms with Crippen LogP contribution in [0.15, 0.2) is 102 Å². The Morgan fingerprint density at radius 2 is 1.53 bits per heavy atom. The summed E-state index contributed by atoms with van der Waals surface area (Å²) in [6, 6.07) is 24.6. The average molecular weight is 718 g/mol. The van der Waals surface area contributed by atoms with Crippen LogP contribution in [-0.2, 0) is 32.6 Å². The smallest absolute Gasteiger partial charge is 0.264 e. The Hall–Kier alpha value is -5.10. The van der Waals surface area contributed by atoms with Crippen LogP contribution in [0.2, 0.25) is 0 Å². The topological polar surface area (TPSA) is 114 Å². The van der Waals surface area contributed by atoms with Gasteiger partial charge in [-0.3, -0.25) is 13.9 Å². The van der Waals surface area contributed by atoms with E-state index in [1.165, 1.54) is 49.5 Å². The SMILES string of the molecule is CCOc1ccc(N(CC(=O)N(Cc2ccc(F)cc2)[C@H](Cc2ccccc2)C(=O)NC2CCCC2)S(=O)(=O)c2ccc(OC)c(OC)c2)cc1. The van der Waals surface area contributed by atoms with Crippen molar-refractivity contribution in [3.8, 4) is 17.2 Å². The Morgan fingerprint density at radius 1 is 0.863 bits per heavy atom. The number of hydrogen-bond acceptors (Lipinski definition) is 7. The van der Waals surface area contributed by atoms with Gasteiger partial charge in [-0.25, -0.2) is 12.8 Å². The minimum absolute atomic E-state index is 0.0238. The number of hydrogen-bond donors (Lipinski definition) is 1. The third-order valence-corrected chi connectivity index (χ3v) is 10.7. The Kier molecular flexibility index (Phi) is 12.5. The molecule has 1 aliphatic carbocycles. The van der Waals surface area contributed by atoms with E-state index in [1.807, 2.05) is 37.3 Å². The van der Waals surface area contributed by atoms with Crippen LogP contribution in [0.4, 0.5) is 10.1 Å². The van der Waals surface area contributed by atoms with Crippen molar-refractivity contribution < 1.29 is 36.6 Å². The van der Waals surface area contributed by atoms with E-state index < -0.39 is 34.3 Å². The maximum atomic E-state index is 14.7. The van der Waals surface area contributed by atoms with Crippen LogP contribution < -0.4 is 23.8 Å². The van der Waals surface area contributed by atoms with Gasteiger partial charge in [-0.2, -0.15) is 0 Å². The minimum atomic E-state index is -4.41. The number of nitrogens with zero attached hydrogens (tertiary/aromatic N) is 2. The molecule has 0 aliphatic heterocycles. The van der Waals surface area contributed by atoms with Crippen LogP contribution in [0, 0.1) is 5.82 Å². The molecule has 0 radical (unpaired) electrons. The highest BCUT2D eigenvalue weighted by Gasteiger charge is 2.36. The summed E-state index contributed by atoms with van der Waals surface area (Å²) in [4.78, 5) is 30.2. The lowest BCUT2D eigenvalue weighted by Crippen LogP contribution is -2.54. The van der Waals surface area contributed by atoms with Gasteiger partial charge in [-0.05, 0) is 79.4 Å². The number of anilines is 1. The second-order valence-corrected chi connectivity index (χ2v) is 14.2. The first-order valence-electron chi connectivity index (χ1n) is 17.0. The van der Waals surface area contributed by atoms with E-state index in [1.54, 1.807) is 36.4 Å². The average Bonchev–Trinajstić information content (AvgIpc) is 3.66. The highest BCUT2D eigenvalue weighted by Crippen LogP contribution is 2.33. The largest absolute Gasteiger partial charge is 0.494 e. The summed E-state index contributed by atoms with van der Waals surface area (Å²) in [5, 5.41) is 3.15. The summed E-state index contributed by atoms with van der Waals surface area (Å²) in [5.41, 5.74) is 1.60. The molecule has 1 N–H and O–H groups in total. The van der Waals surface area contributed by atoms with Gasteiger partial charge in [-0.1, -0.05) is 55.3 Å². The van der Waals surface area contributed by atoms with Gasteiger partial charge in [0.2, 0.25) is 11.8 Å². The van der Waals surface area contributed by atoms with Crippen LogP contribution in [-0.4, -0.2) is 64.6 Å². The summed E-state index contributed by atoms with van der Waals surface area (Å²) >= 11 is 0. The van der Waals surface area contributed by atoms with Gasteiger partial charge in [0.15, 0.2) is 11.5 Å². The van der Waals surface area contributed by atoms with Gasteiger partial charge in [0.25, 0.3) is 10.0 Å². The summed E-state index contributed by atoms with van der Waals surface area (Å²) in [7, 11) is -1.56. The molecule has 0 saturated heterocycles. The number of nitrogens with one attached hydrogen (secondary N) is 1. The van der Waals surface area contributed by atoms with Gasteiger partial charge >= 0.3 is 0 Å². The van der Waals surface area contributed by atoms with Crippen LogP contribution in [0.25, 0.3) is 0 Å². The van der Waals surface area contributed by atoms with Crippen molar-refractivity contribution in [1.29, 1.82) is 0 Å². The van der Waals surface area contributed by atoms with E-state index in [-0.39, 0.29) is 41.2 Å². The second kappa shape index (κ2) is 17.2. The number of halogens is 1. The molecule has 51 heavy (non-hydrogen) atoms. The van der Waals surface area contributed by atoms with E-state index in [2.05, 4.69) is 5.32 Å². The molecule has 270 valence electrons. The van der Waals surface area contributed by atoms with Crippen molar-refractivity contribution in [2.75, 3.05) is 31.7 Å². The maximum absolute atomic E-state index is 14.7. The molecule has 0 heterocycles. The standard InChI is InChI=1S/C39H44FN3O7S/c1-4-50-33-20-18-32(19-21-33)43(51(46,47)34-22-23-36(48-2)37(25-34)49-3)27-38(44)42(26-29-14-16-30(40)17-15-29)35(24-28-10-6-5-7-11-28)39(45)41-31-12-8-9-13-31/h5-7,10-11,14-23,25,31,35H,4,8-9,12-13,24,26-27H2,1-3H3,(H,41,45)/t35-/m1/s1. The molecule has 1 fully saturated rings. The normalized spacial score (nSPS) is 13.6. The fourth-order valence-electron chi connectivity index (χ4n) is 6.22. The lowest BCUT2D eigenvalue weighted by atomic mass is 10.0. The van der Waals surface area contributed by atoms with Crippen molar-refractivity contribution in [3.63, 3.8) is 0 Å². The molecule has 12 heteroatoms. The first-order valence-corrected chi connectivity index (χ1v) is 18.4. The number of methoxy groups -OCH3 is 2. The van der Waals surface area contributed by atoms with Crippen LogP contribution in [0.5, 0.6) is 17.2 Å². The molecule has 0 aromatic heterocycles. The molecule has 0 spiro atoms. The van der Waals surface area contributed by atoms with Crippen LogP contribution >= 0.6 is 0 Å². The molecule has 2 amide bonds. The molecule has 4 aromatic rings. The van der Waals surface area contributed by atoms with Crippen molar-refractivity contribution in [1.82, 2.24) is 10.2 Å². The van der Waals surface area contributed by atoms with E-state index in [0.29, 0.717) is 23.7 Å². The molecule has 1 saturated carbocycles. The van der Waals surface area contributed by atoms with Gasteiger partial charge in [0.1, 0.15) is 24.2 Å². The van der Waals surface area contributed by atoms with Gasteiger partial charge in [-0.15, -0.1) is 0 Å². The van der Waals surface area contributed by atoms with Crippen molar-refractivity contribution in [2.24, 2.45) is 0 Å². The first kappa shape index (κ1) is 37.2. The minimum Gasteiger partial charge on any atom is -0.494 e. The van der Waals surface area contributed by atoms with Crippen LogP contribution in [0.3, 0.4) is 0 Å². The first-order chi connectivity index (χ1) is 24.6. The summed E-state index contributed by atoms with van der Waals surface area (Å²) in [5.74, 6) is -0.348. The summed E-state index contributed by atoms with van der Waals surface area (Å²) in [6.07, 6.45) is 3.85. The van der Waals surface area contributed by atoms with Gasteiger partial charge < -0.3 is 24.4 Å². The quantitative estimate of drug-likeness (QED) is 0.148. The number of ether oxygens (including phenoxy) is 3. The van der Waals surface area contributed by atoms with Crippen molar-refractivity contribution >= 4 is 27.5 Å². The van der Waals surface area contributed by atoms with Crippen LogP contribution in [0.1, 0.15) is 43.7 Å². The summed E-state index contributed by atoms with van der Waals surface area (Å²) < 4.78 is 60.3. The Bertz CT molecular complexity index is 1870. The number of benzene rings is 4. The monoisotopic (exact) mass is 717 g/mol. The molecule has 0 unspecified atom stereocenters. The Labute approximate surface area is 299 Å². The molecule has 5 rings (SSSR count). The molecular formula is C39H44FN3O7S. The Morgan fingerprint density at radius 3 is 2.16 bits per heavy atom. The fourth-order valence-corrected chi connectivity index (χ4v) is 7.65. The van der Waals surface area contributed by atoms with Crippen molar-refractivity contribution in [3.05, 3.63) is 114 Å². The molecule has 0 bridgehead atoms. The molecule has 1 atom stereocenters. The zero-order valence-corrected chi connectivity index (χ0v) is 29.9. The highest BCUT2D eigenvalue weighted by atomic mass is 32.2. The third kappa shape index (κ3) is 9.37. The lowest BCUT2D eigenvalue weighted by molar-refractivity contribution is -0.140. The second-order valence-electron chi connectivity index (χ2n) is 12.3. The van der Waals surface area contributed by atoms with E-state index in [9.17, 15) is 22.4 Å². The predicted molar refractivity (Wildman–Crippen MR) is 193 cm³/mol. The number of sulfonamides is 1. The highest BCUT2D eigenvalue weighted by molar-refractivity contribution is 7.92. The van der Waals surface area contributed by atoms with Gasteiger partial charge in [0, 0.05) is 25.1 Å². The van der Waals surface area contributed by atoms with E-state index >= 15 is 0 Å². The number of carbonyl (C=O) groups excluding carboxylic acids is 2. The summed E-state index contributed by atoms with van der Waals surface area (Å²) in [6.45, 7) is 1.54. The van der Waals surface area contributed by atoms with Crippen molar-refractivity contribution in [2.45, 2.75) is 62.6 Å². The van der Waals surface area contributed by atoms with Gasteiger partial charge in [0.05, 0.1) is 31.4 Å². The molecule has 4 aromatic carbocycles. The number of rotatable bonds is 16. The lowest BCUT2D eigenvalue weighted by Gasteiger charge is -2.34. The molecule has 10 nitrogen and oxygen atoms in total. The Balaban J connectivity index is 1.58. The maximum Gasteiger partial charge on any atom is 0.264 e. The zero-order valence-electron chi connectivity index (χ0n) is 29.1. The zero-order chi connectivity index (χ0) is 36.4. The van der Waals surface area contributed by atoms with E-state index in [4.69, 9.17) is 14.2 Å². The third-order valence-electron chi connectivity index (χ3n) is 8.90. The predicted octanol–water partition coefficient (Wildman–Crippen LogP) is 6.14. The number of carbonyl (C=O) groups is 2. The molecular weight excluding hydrogens is 674 g/mol. The number of amides is 2. The molecule has 1 aliphatic rings. The fraction of sp³-hybridized carbons (Fsp3) is 0.333. The van der Waals surface area contributed by atoms with E-state index in [0.717, 1.165) is 35.6 Å².